The number of aromatic nitrogens is 1. The molecule has 1 aromatic heterocycles. The average molecular weight is 270 g/mol. The first-order valence-electron chi connectivity index (χ1n) is 6.14. The molecule has 1 aliphatic rings. The molecule has 2 heterocycles. The van der Waals surface area contributed by atoms with Crippen molar-refractivity contribution in [2.45, 2.75) is 25.9 Å². The highest BCUT2D eigenvalue weighted by Gasteiger charge is 2.26. The third-order valence-corrected chi connectivity index (χ3v) is 4.09. The van der Waals surface area contributed by atoms with Crippen LogP contribution in [0.3, 0.4) is 0 Å². The van der Waals surface area contributed by atoms with E-state index in [0.29, 0.717) is 16.9 Å². The maximum Gasteiger partial charge on any atom is 0.349 e. The molecule has 1 N–H and O–H groups in total. The van der Waals surface area contributed by atoms with Crippen LogP contribution in [0, 0.1) is 5.92 Å². The van der Waals surface area contributed by atoms with Gasteiger partial charge in [0.15, 0.2) is 5.13 Å². The molecule has 0 amide bonds. The van der Waals surface area contributed by atoms with Gasteiger partial charge in [-0.05, 0) is 12.8 Å². The van der Waals surface area contributed by atoms with Crippen molar-refractivity contribution in [3.8, 4) is 0 Å². The highest BCUT2D eigenvalue weighted by atomic mass is 32.1. The normalized spacial score (nSPS) is 23.0. The highest BCUT2D eigenvalue weighted by Crippen LogP contribution is 2.25. The van der Waals surface area contributed by atoms with Crippen LogP contribution in [0.15, 0.2) is 6.20 Å². The Balaban J connectivity index is 1.86. The Morgan fingerprint density at radius 2 is 2.56 bits per heavy atom. The second-order valence-electron chi connectivity index (χ2n) is 4.27. The zero-order valence-corrected chi connectivity index (χ0v) is 11.5. The first-order valence-corrected chi connectivity index (χ1v) is 6.95. The molecule has 1 saturated heterocycles. The summed E-state index contributed by atoms with van der Waals surface area (Å²) in [5.74, 6) is 0.191. The van der Waals surface area contributed by atoms with E-state index in [2.05, 4.69) is 22.0 Å². The Bertz CT molecular complexity index is 408. The van der Waals surface area contributed by atoms with E-state index in [1.54, 1.807) is 6.20 Å². The molecule has 18 heavy (non-hydrogen) atoms. The van der Waals surface area contributed by atoms with Crippen molar-refractivity contribution in [2.75, 3.05) is 25.6 Å². The van der Waals surface area contributed by atoms with Crippen molar-refractivity contribution >= 4 is 22.4 Å². The van der Waals surface area contributed by atoms with Crippen LogP contribution in [0.5, 0.6) is 0 Å². The van der Waals surface area contributed by atoms with E-state index < -0.39 is 0 Å². The summed E-state index contributed by atoms with van der Waals surface area (Å²) in [5, 5.41) is 4.03. The van der Waals surface area contributed by atoms with Crippen molar-refractivity contribution in [3.63, 3.8) is 0 Å². The monoisotopic (exact) mass is 270 g/mol. The van der Waals surface area contributed by atoms with E-state index >= 15 is 0 Å². The summed E-state index contributed by atoms with van der Waals surface area (Å²) in [6.45, 7) is 3.82. The van der Waals surface area contributed by atoms with Gasteiger partial charge in [-0.3, -0.25) is 0 Å². The lowest BCUT2D eigenvalue weighted by atomic mass is 10.00. The minimum absolute atomic E-state index is 0.337. The molecule has 0 bridgehead atoms. The molecule has 2 rings (SSSR count). The van der Waals surface area contributed by atoms with Gasteiger partial charge in [0.05, 0.1) is 19.4 Å². The fraction of sp³-hybridized carbons (Fsp3) is 0.667. The summed E-state index contributed by atoms with van der Waals surface area (Å²) in [6, 6.07) is 0. The predicted octanol–water partition coefficient (Wildman–Crippen LogP) is 2.16. The van der Waals surface area contributed by atoms with Crippen LogP contribution in [0.25, 0.3) is 0 Å². The molecule has 0 aliphatic carbocycles. The first-order chi connectivity index (χ1) is 8.74. The van der Waals surface area contributed by atoms with Crippen molar-refractivity contribution in [1.29, 1.82) is 0 Å². The lowest BCUT2D eigenvalue weighted by Gasteiger charge is -2.16. The molecule has 6 heteroatoms. The number of nitrogens with one attached hydrogen (secondary N) is 1. The number of nitrogens with zero attached hydrogens (tertiary/aromatic N) is 1. The molecule has 5 nitrogen and oxygen atoms in total. The van der Waals surface area contributed by atoms with E-state index in [0.717, 1.165) is 31.1 Å². The number of anilines is 1. The number of thiazole rings is 1. The number of hydrogen-bond acceptors (Lipinski definition) is 6. The van der Waals surface area contributed by atoms with Gasteiger partial charge in [-0.25, -0.2) is 9.78 Å². The number of methoxy groups -OCH3 is 1. The Hall–Kier alpha value is -1.14. The number of ether oxygens (including phenoxy) is 2. The van der Waals surface area contributed by atoms with E-state index in [-0.39, 0.29) is 5.97 Å². The summed E-state index contributed by atoms with van der Waals surface area (Å²) < 4.78 is 10.3. The van der Waals surface area contributed by atoms with E-state index in [4.69, 9.17) is 4.74 Å². The van der Waals surface area contributed by atoms with Crippen molar-refractivity contribution in [2.24, 2.45) is 5.92 Å². The number of esters is 1. The van der Waals surface area contributed by atoms with Crippen LogP contribution in [0.4, 0.5) is 5.13 Å². The lowest BCUT2D eigenvalue weighted by molar-refractivity contribution is 0.0606. The molecule has 2 atom stereocenters. The third kappa shape index (κ3) is 3.00. The Labute approximate surface area is 111 Å². The molecular formula is C12H18N2O3S. The van der Waals surface area contributed by atoms with Gasteiger partial charge in [0.2, 0.25) is 0 Å². The fourth-order valence-corrected chi connectivity index (χ4v) is 2.89. The summed E-state index contributed by atoms with van der Waals surface area (Å²) >= 11 is 1.32. The quantitative estimate of drug-likeness (QED) is 0.831. The van der Waals surface area contributed by atoms with Crippen LogP contribution in [0.1, 0.15) is 29.4 Å². The van der Waals surface area contributed by atoms with Crippen molar-refractivity contribution in [3.05, 3.63) is 11.1 Å². The van der Waals surface area contributed by atoms with Crippen LogP contribution in [-0.4, -0.2) is 37.3 Å². The number of rotatable bonds is 5. The molecule has 1 aromatic rings. The van der Waals surface area contributed by atoms with Crippen LogP contribution in [0.2, 0.25) is 0 Å². The maximum atomic E-state index is 11.3. The molecule has 0 saturated carbocycles. The predicted molar refractivity (Wildman–Crippen MR) is 70.1 cm³/mol. The summed E-state index contributed by atoms with van der Waals surface area (Å²) in [5.41, 5.74) is 0. The van der Waals surface area contributed by atoms with Gasteiger partial charge in [-0.2, -0.15) is 0 Å². The van der Waals surface area contributed by atoms with Gasteiger partial charge >= 0.3 is 5.97 Å². The van der Waals surface area contributed by atoms with Gasteiger partial charge < -0.3 is 14.8 Å². The van der Waals surface area contributed by atoms with Crippen molar-refractivity contribution < 1.29 is 14.3 Å². The zero-order chi connectivity index (χ0) is 13.0. The third-order valence-electron chi connectivity index (χ3n) is 3.16. The summed E-state index contributed by atoms with van der Waals surface area (Å²) in [6.07, 6.45) is 4.01. The SMILES string of the molecule is CCC1OCCC1CNc1ncc(C(=O)OC)s1. The first kappa shape index (κ1) is 13.3. The van der Waals surface area contributed by atoms with Crippen LogP contribution in [-0.2, 0) is 9.47 Å². The second kappa shape index (κ2) is 6.15. The van der Waals surface area contributed by atoms with E-state index in [9.17, 15) is 4.79 Å². The average Bonchev–Trinajstić information content (AvgIpc) is 3.03. The minimum atomic E-state index is -0.337. The smallest absolute Gasteiger partial charge is 0.349 e. The van der Waals surface area contributed by atoms with Crippen molar-refractivity contribution in [1.82, 2.24) is 4.98 Å². The number of carbonyl (C=O) groups excluding carboxylic acids is 1. The molecule has 100 valence electrons. The lowest BCUT2D eigenvalue weighted by Crippen LogP contribution is -2.22. The minimum Gasteiger partial charge on any atom is -0.465 e. The molecule has 0 spiro atoms. The maximum absolute atomic E-state index is 11.3. The second-order valence-corrected chi connectivity index (χ2v) is 5.30. The zero-order valence-electron chi connectivity index (χ0n) is 10.6. The molecule has 1 aliphatic heterocycles. The Kier molecular flexibility index (Phi) is 4.54. The topological polar surface area (TPSA) is 60.5 Å². The Morgan fingerprint density at radius 1 is 1.72 bits per heavy atom. The summed E-state index contributed by atoms with van der Waals surface area (Å²) in [4.78, 5) is 16.0. The van der Waals surface area contributed by atoms with Crippen LogP contribution >= 0.6 is 11.3 Å². The molecular weight excluding hydrogens is 252 g/mol. The standard InChI is InChI=1S/C12H18N2O3S/c1-3-9-8(4-5-17-9)6-13-12-14-7-10(18-12)11(15)16-2/h7-9H,3-6H2,1-2H3,(H,13,14). The van der Waals surface area contributed by atoms with Crippen LogP contribution < -0.4 is 5.32 Å². The van der Waals surface area contributed by atoms with Gasteiger partial charge in [0, 0.05) is 19.1 Å². The van der Waals surface area contributed by atoms with Gasteiger partial charge in [0.25, 0.3) is 0 Å². The van der Waals surface area contributed by atoms with Gasteiger partial charge in [0.1, 0.15) is 4.88 Å². The largest absolute Gasteiger partial charge is 0.465 e. The van der Waals surface area contributed by atoms with Gasteiger partial charge in [-0.15, -0.1) is 0 Å². The molecule has 0 radical (unpaired) electrons. The van der Waals surface area contributed by atoms with E-state index in [1.807, 2.05) is 0 Å². The molecule has 1 fully saturated rings. The van der Waals surface area contributed by atoms with Gasteiger partial charge in [-0.1, -0.05) is 18.3 Å². The molecule has 0 aromatic carbocycles. The fourth-order valence-electron chi connectivity index (χ4n) is 2.15. The summed E-state index contributed by atoms with van der Waals surface area (Å²) in [7, 11) is 1.37. The Morgan fingerprint density at radius 3 is 3.28 bits per heavy atom. The van der Waals surface area contributed by atoms with E-state index in [1.165, 1.54) is 18.4 Å². The number of carbonyl (C=O) groups is 1. The molecule has 2 unspecified atom stereocenters. The highest BCUT2D eigenvalue weighted by molar-refractivity contribution is 7.17. The number of hydrogen-bond donors (Lipinski definition) is 1.